The van der Waals surface area contributed by atoms with Crippen molar-refractivity contribution >= 4 is 5.91 Å². The summed E-state index contributed by atoms with van der Waals surface area (Å²) in [5.74, 6) is 0.629. The van der Waals surface area contributed by atoms with Gasteiger partial charge in [0.15, 0.2) is 0 Å². The molecule has 5 nitrogen and oxygen atoms in total. The lowest BCUT2D eigenvalue weighted by molar-refractivity contribution is 0.00864. The van der Waals surface area contributed by atoms with Crippen LogP contribution in [-0.4, -0.2) is 60.4 Å². The van der Waals surface area contributed by atoms with E-state index in [1.54, 1.807) is 12.1 Å². The highest BCUT2D eigenvalue weighted by Crippen LogP contribution is 2.20. The zero-order valence-corrected chi connectivity index (χ0v) is 13.6. The summed E-state index contributed by atoms with van der Waals surface area (Å²) in [6.45, 7) is 5.53. The number of carbonyl (C=O) groups is 1. The van der Waals surface area contributed by atoms with Gasteiger partial charge in [0.05, 0.1) is 18.8 Å². The number of likely N-dealkylation sites (tertiary alicyclic amines) is 1. The average molecular weight is 318 g/mol. The van der Waals surface area contributed by atoms with Gasteiger partial charge in [-0.15, -0.1) is 0 Å². The summed E-state index contributed by atoms with van der Waals surface area (Å²) in [4.78, 5) is 14.5. The summed E-state index contributed by atoms with van der Waals surface area (Å²) in [5.41, 5.74) is 0.605. The summed E-state index contributed by atoms with van der Waals surface area (Å²) in [6, 6.07) is 8.73. The minimum atomic E-state index is -0.651. The Morgan fingerprint density at radius 3 is 2.70 bits per heavy atom. The highest BCUT2D eigenvalue weighted by molar-refractivity contribution is 5.94. The molecule has 1 aromatic rings. The normalized spacial score (nSPS) is 29.6. The molecule has 0 bridgehead atoms. The summed E-state index contributed by atoms with van der Waals surface area (Å²) >= 11 is 0. The molecule has 126 valence electrons. The molecule has 2 aliphatic heterocycles. The van der Waals surface area contributed by atoms with Crippen molar-refractivity contribution < 1.29 is 14.6 Å². The molecule has 1 amide bonds. The second kappa shape index (κ2) is 7.43. The SMILES string of the molecule is CC1CCN(CC2OCC(NC(=O)c3ccccc3)C2O)CC1. The van der Waals surface area contributed by atoms with Gasteiger partial charge in [0, 0.05) is 12.1 Å². The minimum Gasteiger partial charge on any atom is -0.388 e. The number of carbonyl (C=O) groups excluding carboxylic acids is 1. The molecule has 0 spiro atoms. The number of benzene rings is 1. The first-order valence-corrected chi connectivity index (χ1v) is 8.51. The number of rotatable bonds is 4. The van der Waals surface area contributed by atoms with Gasteiger partial charge < -0.3 is 20.1 Å². The van der Waals surface area contributed by atoms with E-state index in [1.807, 2.05) is 18.2 Å². The summed E-state index contributed by atoms with van der Waals surface area (Å²) in [5, 5.41) is 13.3. The van der Waals surface area contributed by atoms with Crippen molar-refractivity contribution in [3.63, 3.8) is 0 Å². The third kappa shape index (κ3) is 4.10. The van der Waals surface area contributed by atoms with Gasteiger partial charge in [-0.1, -0.05) is 25.1 Å². The van der Waals surface area contributed by atoms with E-state index in [-0.39, 0.29) is 18.1 Å². The third-order valence-electron chi connectivity index (χ3n) is 4.95. The van der Waals surface area contributed by atoms with Gasteiger partial charge in [-0.05, 0) is 44.0 Å². The highest BCUT2D eigenvalue weighted by atomic mass is 16.5. The number of nitrogens with zero attached hydrogens (tertiary/aromatic N) is 1. The molecule has 2 saturated heterocycles. The van der Waals surface area contributed by atoms with Crippen LogP contribution < -0.4 is 5.32 Å². The van der Waals surface area contributed by atoms with Crippen LogP contribution in [0.25, 0.3) is 0 Å². The smallest absolute Gasteiger partial charge is 0.251 e. The predicted octanol–water partition coefficient (Wildman–Crippen LogP) is 1.28. The van der Waals surface area contributed by atoms with Gasteiger partial charge in [0.25, 0.3) is 5.91 Å². The molecule has 23 heavy (non-hydrogen) atoms. The zero-order chi connectivity index (χ0) is 16.2. The molecule has 0 saturated carbocycles. The van der Waals surface area contributed by atoms with Crippen LogP contribution in [0.5, 0.6) is 0 Å². The molecule has 2 aliphatic rings. The molecular weight excluding hydrogens is 292 g/mol. The molecule has 2 N–H and O–H groups in total. The Balaban J connectivity index is 1.50. The summed E-state index contributed by atoms with van der Waals surface area (Å²) in [6.07, 6.45) is 1.54. The van der Waals surface area contributed by atoms with Gasteiger partial charge in [0.1, 0.15) is 6.10 Å². The van der Waals surface area contributed by atoms with E-state index in [2.05, 4.69) is 17.1 Å². The predicted molar refractivity (Wildman–Crippen MR) is 88.3 cm³/mol. The van der Waals surface area contributed by atoms with Gasteiger partial charge in [0.2, 0.25) is 0 Å². The molecule has 0 aromatic heterocycles. The standard InChI is InChI=1S/C18H26N2O3/c1-13-7-9-20(10-8-13)11-16-17(21)15(12-23-16)19-18(22)14-5-3-2-4-6-14/h2-6,13,15-17,21H,7-12H2,1H3,(H,19,22). The first kappa shape index (κ1) is 16.4. The second-order valence-corrected chi connectivity index (χ2v) is 6.79. The van der Waals surface area contributed by atoms with Gasteiger partial charge >= 0.3 is 0 Å². The molecular formula is C18H26N2O3. The van der Waals surface area contributed by atoms with Crippen molar-refractivity contribution in [3.05, 3.63) is 35.9 Å². The highest BCUT2D eigenvalue weighted by Gasteiger charge is 2.38. The zero-order valence-electron chi connectivity index (χ0n) is 13.6. The van der Waals surface area contributed by atoms with E-state index in [0.717, 1.165) is 25.6 Å². The molecule has 3 rings (SSSR count). The van der Waals surface area contributed by atoms with Crippen molar-refractivity contribution in [2.45, 2.75) is 38.0 Å². The van der Waals surface area contributed by atoms with Gasteiger partial charge in [-0.2, -0.15) is 0 Å². The molecule has 3 unspecified atom stereocenters. The fourth-order valence-corrected chi connectivity index (χ4v) is 3.31. The van der Waals surface area contributed by atoms with Crippen molar-refractivity contribution in [1.82, 2.24) is 10.2 Å². The van der Waals surface area contributed by atoms with E-state index in [0.29, 0.717) is 12.2 Å². The average Bonchev–Trinajstić information content (AvgIpc) is 2.91. The number of hydrogen-bond acceptors (Lipinski definition) is 4. The third-order valence-corrected chi connectivity index (χ3v) is 4.95. The Morgan fingerprint density at radius 2 is 2.00 bits per heavy atom. The number of aliphatic hydroxyl groups is 1. The van der Waals surface area contributed by atoms with Crippen molar-refractivity contribution in [3.8, 4) is 0 Å². The summed E-state index contributed by atoms with van der Waals surface area (Å²) in [7, 11) is 0. The number of amides is 1. The maximum atomic E-state index is 12.2. The van der Waals surface area contributed by atoms with Crippen LogP contribution >= 0.6 is 0 Å². The number of ether oxygens (including phenoxy) is 1. The van der Waals surface area contributed by atoms with Crippen LogP contribution in [0, 0.1) is 5.92 Å². The largest absolute Gasteiger partial charge is 0.388 e. The van der Waals surface area contributed by atoms with E-state index in [1.165, 1.54) is 12.8 Å². The molecule has 0 radical (unpaired) electrons. The van der Waals surface area contributed by atoms with E-state index < -0.39 is 6.10 Å². The van der Waals surface area contributed by atoms with Crippen LogP contribution in [0.4, 0.5) is 0 Å². The van der Waals surface area contributed by atoms with Crippen LogP contribution in [-0.2, 0) is 4.74 Å². The fourth-order valence-electron chi connectivity index (χ4n) is 3.31. The lowest BCUT2D eigenvalue weighted by Gasteiger charge is -2.32. The minimum absolute atomic E-state index is 0.161. The molecule has 2 fully saturated rings. The van der Waals surface area contributed by atoms with Crippen LogP contribution in [0.2, 0.25) is 0 Å². The second-order valence-electron chi connectivity index (χ2n) is 6.79. The number of aliphatic hydroxyl groups excluding tert-OH is 1. The topological polar surface area (TPSA) is 61.8 Å². The molecule has 2 heterocycles. The molecule has 1 aromatic carbocycles. The van der Waals surface area contributed by atoms with Crippen LogP contribution in [0.1, 0.15) is 30.1 Å². The first-order valence-electron chi connectivity index (χ1n) is 8.51. The first-order chi connectivity index (χ1) is 11.1. The summed E-state index contributed by atoms with van der Waals surface area (Å²) < 4.78 is 5.74. The maximum Gasteiger partial charge on any atom is 0.251 e. The van der Waals surface area contributed by atoms with E-state index >= 15 is 0 Å². The van der Waals surface area contributed by atoms with Gasteiger partial charge in [-0.3, -0.25) is 4.79 Å². The fraction of sp³-hybridized carbons (Fsp3) is 0.611. The van der Waals surface area contributed by atoms with Crippen molar-refractivity contribution in [1.29, 1.82) is 0 Å². The number of hydrogen-bond donors (Lipinski definition) is 2. The molecule has 5 heteroatoms. The monoisotopic (exact) mass is 318 g/mol. The number of nitrogens with one attached hydrogen (secondary N) is 1. The Bertz CT molecular complexity index is 514. The lowest BCUT2D eigenvalue weighted by Crippen LogP contribution is -2.47. The quantitative estimate of drug-likeness (QED) is 0.878. The Morgan fingerprint density at radius 1 is 1.30 bits per heavy atom. The van der Waals surface area contributed by atoms with Crippen molar-refractivity contribution in [2.75, 3.05) is 26.2 Å². The molecule has 0 aliphatic carbocycles. The molecule has 3 atom stereocenters. The van der Waals surface area contributed by atoms with E-state index in [4.69, 9.17) is 4.74 Å². The lowest BCUT2D eigenvalue weighted by atomic mass is 9.98. The van der Waals surface area contributed by atoms with Gasteiger partial charge in [-0.25, -0.2) is 0 Å². The maximum absolute atomic E-state index is 12.2. The van der Waals surface area contributed by atoms with E-state index in [9.17, 15) is 9.90 Å². The number of piperidine rings is 1. The van der Waals surface area contributed by atoms with Crippen molar-refractivity contribution in [2.24, 2.45) is 5.92 Å². The van der Waals surface area contributed by atoms with Crippen LogP contribution in [0.3, 0.4) is 0 Å². The Kier molecular flexibility index (Phi) is 5.30. The Labute approximate surface area is 137 Å². The Hall–Kier alpha value is -1.43. The van der Waals surface area contributed by atoms with Crippen LogP contribution in [0.15, 0.2) is 30.3 Å².